The van der Waals surface area contributed by atoms with Crippen LogP contribution in [0.2, 0.25) is 0 Å². The number of rotatable bonds is 6. The zero-order valence-electron chi connectivity index (χ0n) is 10.1. The summed E-state index contributed by atoms with van der Waals surface area (Å²) in [5.74, 6) is -0.308. The number of hydrogen-bond donors (Lipinski definition) is 1. The van der Waals surface area contributed by atoms with Crippen molar-refractivity contribution in [1.29, 1.82) is 0 Å². The number of carbonyl (C=O) groups is 2. The molecule has 1 amide bonds. The molecule has 0 fully saturated rings. The molecule has 0 aliphatic heterocycles. The van der Waals surface area contributed by atoms with Crippen LogP contribution in [-0.2, 0) is 16.0 Å². The summed E-state index contributed by atoms with van der Waals surface area (Å²) >= 11 is 0. The minimum Gasteiger partial charge on any atom is -0.459 e. The van der Waals surface area contributed by atoms with E-state index >= 15 is 0 Å². The van der Waals surface area contributed by atoms with Crippen molar-refractivity contribution in [1.82, 2.24) is 5.32 Å². The van der Waals surface area contributed by atoms with Gasteiger partial charge >= 0.3 is 5.97 Å². The van der Waals surface area contributed by atoms with Gasteiger partial charge in [0.25, 0.3) is 0 Å². The molecule has 4 heteroatoms. The smallest absolute Gasteiger partial charge is 0.338 e. The van der Waals surface area contributed by atoms with Crippen molar-refractivity contribution in [3.63, 3.8) is 0 Å². The molecule has 4 nitrogen and oxygen atoms in total. The Morgan fingerprint density at radius 2 is 2.00 bits per heavy atom. The van der Waals surface area contributed by atoms with E-state index in [0.29, 0.717) is 18.5 Å². The van der Waals surface area contributed by atoms with Crippen LogP contribution in [-0.4, -0.2) is 25.0 Å². The predicted octanol–water partition coefficient (Wildman–Crippen LogP) is 1.54. The van der Waals surface area contributed by atoms with Gasteiger partial charge in [-0.3, -0.25) is 4.79 Å². The summed E-state index contributed by atoms with van der Waals surface area (Å²) in [5.41, 5.74) is 1.62. The Balaban J connectivity index is 2.55. The van der Waals surface area contributed by atoms with Crippen LogP contribution in [0, 0.1) is 0 Å². The maximum Gasteiger partial charge on any atom is 0.338 e. The van der Waals surface area contributed by atoms with E-state index in [2.05, 4.69) is 5.32 Å². The number of nitrogens with one attached hydrogen (secondary N) is 1. The quantitative estimate of drug-likeness (QED) is 0.462. The Bertz CT molecular complexity index is 371. The third kappa shape index (κ3) is 4.68. The lowest BCUT2D eigenvalue weighted by molar-refractivity contribution is -0.109. The summed E-state index contributed by atoms with van der Waals surface area (Å²) in [6.07, 6.45) is 1.31. The topological polar surface area (TPSA) is 55.4 Å². The molecule has 0 aliphatic rings. The number of carbonyl (C=O) groups excluding carboxylic acids is 2. The lowest BCUT2D eigenvalue weighted by atomic mass is 10.1. The van der Waals surface area contributed by atoms with Gasteiger partial charge in [-0.15, -0.1) is 0 Å². The Kier molecular flexibility index (Phi) is 5.20. The Hall–Kier alpha value is -1.84. The van der Waals surface area contributed by atoms with Crippen molar-refractivity contribution >= 4 is 12.4 Å². The molecular weight excluding hydrogens is 218 g/mol. The van der Waals surface area contributed by atoms with Gasteiger partial charge in [0.2, 0.25) is 6.41 Å². The van der Waals surface area contributed by atoms with E-state index in [1.165, 1.54) is 0 Å². The van der Waals surface area contributed by atoms with Crippen molar-refractivity contribution in [2.45, 2.75) is 26.4 Å². The van der Waals surface area contributed by atoms with Crippen LogP contribution >= 0.6 is 0 Å². The first kappa shape index (κ1) is 13.2. The van der Waals surface area contributed by atoms with Crippen LogP contribution in [0.3, 0.4) is 0 Å². The van der Waals surface area contributed by atoms with Crippen LogP contribution in [0.15, 0.2) is 24.3 Å². The molecule has 0 unspecified atom stereocenters. The number of ether oxygens (including phenoxy) is 1. The van der Waals surface area contributed by atoms with E-state index in [1.807, 2.05) is 26.0 Å². The van der Waals surface area contributed by atoms with Gasteiger partial charge in [0, 0.05) is 6.54 Å². The molecule has 0 bridgehead atoms. The SMILES string of the molecule is CC(C)OC(=O)c1ccc(CCNC=O)cc1. The molecule has 0 spiro atoms. The third-order valence-corrected chi connectivity index (χ3v) is 2.17. The molecule has 1 rings (SSSR count). The molecule has 0 atom stereocenters. The largest absolute Gasteiger partial charge is 0.459 e. The fourth-order valence-corrected chi connectivity index (χ4v) is 1.37. The molecule has 0 heterocycles. The van der Waals surface area contributed by atoms with E-state index in [9.17, 15) is 9.59 Å². The second kappa shape index (κ2) is 6.68. The number of amides is 1. The molecule has 17 heavy (non-hydrogen) atoms. The normalized spacial score (nSPS) is 10.1. The van der Waals surface area contributed by atoms with Gasteiger partial charge < -0.3 is 10.1 Å². The minimum atomic E-state index is -0.308. The lowest BCUT2D eigenvalue weighted by Crippen LogP contribution is -2.14. The first-order valence-corrected chi connectivity index (χ1v) is 5.60. The Morgan fingerprint density at radius 1 is 1.35 bits per heavy atom. The van der Waals surface area contributed by atoms with E-state index in [-0.39, 0.29) is 12.1 Å². The Morgan fingerprint density at radius 3 is 2.53 bits per heavy atom. The van der Waals surface area contributed by atoms with Crippen molar-refractivity contribution in [2.24, 2.45) is 0 Å². The van der Waals surface area contributed by atoms with Gasteiger partial charge in [-0.2, -0.15) is 0 Å². The molecule has 0 saturated heterocycles. The fraction of sp³-hybridized carbons (Fsp3) is 0.385. The maximum atomic E-state index is 11.5. The monoisotopic (exact) mass is 235 g/mol. The Labute approximate surface area is 101 Å². The van der Waals surface area contributed by atoms with E-state index in [1.54, 1.807) is 12.1 Å². The minimum absolute atomic E-state index is 0.112. The van der Waals surface area contributed by atoms with E-state index < -0.39 is 0 Å². The molecule has 0 aromatic heterocycles. The third-order valence-electron chi connectivity index (χ3n) is 2.17. The van der Waals surface area contributed by atoms with E-state index in [4.69, 9.17) is 4.74 Å². The molecule has 92 valence electrons. The molecule has 0 radical (unpaired) electrons. The molecular formula is C13H17NO3. The summed E-state index contributed by atoms with van der Waals surface area (Å²) in [7, 11) is 0. The summed E-state index contributed by atoms with van der Waals surface area (Å²) in [6, 6.07) is 7.20. The zero-order valence-corrected chi connectivity index (χ0v) is 10.1. The average molecular weight is 235 g/mol. The number of benzene rings is 1. The van der Waals surface area contributed by atoms with E-state index in [0.717, 1.165) is 12.0 Å². The van der Waals surface area contributed by atoms with Gasteiger partial charge in [-0.25, -0.2) is 4.79 Å². The standard InChI is InChI=1S/C13H17NO3/c1-10(2)17-13(16)12-5-3-11(4-6-12)7-8-14-9-15/h3-6,9-10H,7-8H2,1-2H3,(H,14,15). The van der Waals surface area contributed by atoms with Crippen LogP contribution in [0.1, 0.15) is 29.8 Å². The molecule has 1 N–H and O–H groups in total. The number of esters is 1. The summed E-state index contributed by atoms with van der Waals surface area (Å²) in [5, 5.41) is 2.59. The van der Waals surface area contributed by atoms with Crippen molar-refractivity contribution < 1.29 is 14.3 Å². The zero-order chi connectivity index (χ0) is 12.7. The first-order chi connectivity index (χ1) is 8.13. The second-order valence-corrected chi connectivity index (χ2v) is 3.97. The highest BCUT2D eigenvalue weighted by molar-refractivity contribution is 5.89. The summed E-state index contributed by atoms with van der Waals surface area (Å²) in [4.78, 5) is 21.6. The molecule has 0 aliphatic carbocycles. The summed E-state index contributed by atoms with van der Waals surface area (Å²) < 4.78 is 5.08. The van der Waals surface area contributed by atoms with Crippen LogP contribution in [0.4, 0.5) is 0 Å². The highest BCUT2D eigenvalue weighted by Gasteiger charge is 2.08. The summed E-state index contributed by atoms with van der Waals surface area (Å²) in [6.45, 7) is 4.23. The van der Waals surface area contributed by atoms with Gasteiger partial charge in [0.05, 0.1) is 11.7 Å². The van der Waals surface area contributed by atoms with Gasteiger partial charge in [0.15, 0.2) is 0 Å². The van der Waals surface area contributed by atoms with Gasteiger partial charge in [-0.1, -0.05) is 12.1 Å². The van der Waals surface area contributed by atoms with Crippen LogP contribution < -0.4 is 5.32 Å². The highest BCUT2D eigenvalue weighted by Crippen LogP contribution is 2.07. The molecule has 0 saturated carbocycles. The van der Waals surface area contributed by atoms with Crippen LogP contribution in [0.5, 0.6) is 0 Å². The second-order valence-electron chi connectivity index (χ2n) is 3.97. The molecule has 1 aromatic carbocycles. The van der Waals surface area contributed by atoms with Crippen molar-refractivity contribution in [3.8, 4) is 0 Å². The average Bonchev–Trinajstić information content (AvgIpc) is 2.29. The maximum absolute atomic E-state index is 11.5. The lowest BCUT2D eigenvalue weighted by Gasteiger charge is -2.08. The van der Waals surface area contributed by atoms with Gasteiger partial charge in [0.1, 0.15) is 0 Å². The van der Waals surface area contributed by atoms with Crippen LogP contribution in [0.25, 0.3) is 0 Å². The van der Waals surface area contributed by atoms with Gasteiger partial charge in [-0.05, 0) is 38.0 Å². The highest BCUT2D eigenvalue weighted by atomic mass is 16.5. The first-order valence-electron chi connectivity index (χ1n) is 5.60. The predicted molar refractivity (Wildman–Crippen MR) is 64.8 cm³/mol. The number of hydrogen-bond acceptors (Lipinski definition) is 3. The molecule has 1 aromatic rings. The van der Waals surface area contributed by atoms with Crippen molar-refractivity contribution in [3.05, 3.63) is 35.4 Å². The fourth-order valence-electron chi connectivity index (χ4n) is 1.37. The van der Waals surface area contributed by atoms with Crippen molar-refractivity contribution in [2.75, 3.05) is 6.54 Å².